The molecule has 0 saturated heterocycles. The van der Waals surface area contributed by atoms with E-state index in [0.29, 0.717) is 0 Å². The summed E-state index contributed by atoms with van der Waals surface area (Å²) in [6.07, 6.45) is 0. The third-order valence-electron chi connectivity index (χ3n) is 14.7. The molecule has 0 bridgehead atoms. The summed E-state index contributed by atoms with van der Waals surface area (Å²) in [7, 11) is 0. The van der Waals surface area contributed by atoms with Gasteiger partial charge in [-0.05, 0) is 105 Å². The van der Waals surface area contributed by atoms with E-state index in [0.717, 1.165) is 66.9 Å². The predicted molar refractivity (Wildman–Crippen MR) is 290 cm³/mol. The van der Waals surface area contributed by atoms with Crippen LogP contribution >= 0.6 is 0 Å². The maximum Gasteiger partial charge on any atom is 0.143 e. The van der Waals surface area contributed by atoms with Gasteiger partial charge < -0.3 is 14.2 Å². The highest BCUT2D eigenvalue weighted by Gasteiger charge is 2.52. The molecule has 0 atom stereocenters. The van der Waals surface area contributed by atoms with Gasteiger partial charge in [-0.15, -0.1) is 0 Å². The van der Waals surface area contributed by atoms with E-state index in [1.807, 2.05) is 6.07 Å². The minimum absolute atomic E-state index is 0.621. The van der Waals surface area contributed by atoms with Crippen molar-refractivity contribution in [1.29, 1.82) is 0 Å². The maximum atomic E-state index is 6.68. The SMILES string of the molecule is c1ccc(-c2ccccc2-c2ccccc2N(c2cccc(-c3cccc4c3oc3ccccc34)c2)c2cccc3c2-c2ccccc2C32c3ccccc3N(c3ccccc3)c3ccccc32)cc1. The summed E-state index contributed by atoms with van der Waals surface area (Å²) in [6, 6.07) is 97.4. The number of rotatable bonds is 7. The molecule has 2 heterocycles. The van der Waals surface area contributed by atoms with Crippen molar-refractivity contribution in [3.05, 3.63) is 289 Å². The first-order chi connectivity index (χ1) is 34.8. The van der Waals surface area contributed by atoms with Crippen molar-refractivity contribution in [1.82, 2.24) is 0 Å². The van der Waals surface area contributed by atoms with Crippen molar-refractivity contribution in [3.8, 4) is 44.5 Å². The number of nitrogens with zero attached hydrogens (tertiary/aromatic N) is 2. The molecular formula is C67H44N2O. The van der Waals surface area contributed by atoms with E-state index in [-0.39, 0.29) is 0 Å². The van der Waals surface area contributed by atoms with Gasteiger partial charge in [0.05, 0.1) is 28.2 Å². The molecule has 0 fully saturated rings. The Balaban J connectivity index is 1.06. The number of para-hydroxylation sites is 6. The molecule has 1 aliphatic carbocycles. The van der Waals surface area contributed by atoms with E-state index in [4.69, 9.17) is 4.42 Å². The number of fused-ring (bicyclic) bond motifs is 12. The maximum absolute atomic E-state index is 6.68. The monoisotopic (exact) mass is 892 g/mol. The number of hydrogen-bond acceptors (Lipinski definition) is 3. The fourth-order valence-electron chi connectivity index (χ4n) is 11.9. The quantitative estimate of drug-likeness (QED) is 0.159. The lowest BCUT2D eigenvalue weighted by atomic mass is 9.64. The second kappa shape index (κ2) is 16.0. The van der Waals surface area contributed by atoms with Crippen LogP contribution in [0.4, 0.5) is 34.1 Å². The van der Waals surface area contributed by atoms with Crippen molar-refractivity contribution in [2.45, 2.75) is 5.41 Å². The largest absolute Gasteiger partial charge is 0.455 e. The minimum Gasteiger partial charge on any atom is -0.455 e. The molecule has 0 unspecified atom stereocenters. The average Bonchev–Trinajstić information content (AvgIpc) is 3.97. The van der Waals surface area contributed by atoms with Gasteiger partial charge in [0.25, 0.3) is 0 Å². The zero-order valence-electron chi connectivity index (χ0n) is 38.2. The summed E-state index contributed by atoms with van der Waals surface area (Å²) in [6.45, 7) is 0. The molecular weight excluding hydrogens is 849 g/mol. The lowest BCUT2D eigenvalue weighted by molar-refractivity contribution is 0.670. The Morgan fingerprint density at radius 3 is 1.66 bits per heavy atom. The van der Waals surface area contributed by atoms with Gasteiger partial charge in [-0.1, -0.05) is 212 Å². The Morgan fingerprint density at radius 1 is 0.343 bits per heavy atom. The smallest absolute Gasteiger partial charge is 0.143 e. The summed E-state index contributed by atoms with van der Waals surface area (Å²) in [5, 5.41) is 2.23. The first kappa shape index (κ1) is 39.9. The van der Waals surface area contributed by atoms with Gasteiger partial charge in [0, 0.05) is 38.8 Å². The molecule has 2 aliphatic rings. The molecule has 14 rings (SSSR count). The van der Waals surface area contributed by atoms with Gasteiger partial charge in [-0.2, -0.15) is 0 Å². The topological polar surface area (TPSA) is 19.6 Å². The summed E-state index contributed by atoms with van der Waals surface area (Å²) < 4.78 is 6.68. The molecule has 11 aromatic carbocycles. The van der Waals surface area contributed by atoms with E-state index < -0.39 is 5.41 Å². The van der Waals surface area contributed by atoms with E-state index >= 15 is 0 Å². The number of anilines is 6. The average molecular weight is 893 g/mol. The normalized spacial score (nSPS) is 12.9. The molecule has 0 saturated carbocycles. The Kier molecular flexibility index (Phi) is 9.11. The Morgan fingerprint density at radius 2 is 0.871 bits per heavy atom. The first-order valence-corrected chi connectivity index (χ1v) is 24.1. The standard InChI is InChI=1S/C67H44N2O/c1-3-22-45(23-4-1)49-28-7-8-29-51(49)52-30-10-15-39-60(52)69(48-27-19-24-46(44-48)50-33-20-34-54-53-31-11-18-43-64(53)70-66(50)54)63-42-21-38-59-65(63)55-32-9-12-35-56(55)67(59)57-36-13-16-40-61(57)68(47-25-5-2-6-26-47)62-41-17-14-37-58(62)67/h1-44H. The number of hydrogen-bond donors (Lipinski definition) is 0. The van der Waals surface area contributed by atoms with Crippen LogP contribution < -0.4 is 9.80 Å². The molecule has 328 valence electrons. The van der Waals surface area contributed by atoms with Gasteiger partial charge in [0.2, 0.25) is 0 Å². The van der Waals surface area contributed by atoms with Gasteiger partial charge in [0.15, 0.2) is 0 Å². The number of furan rings is 1. The predicted octanol–water partition coefficient (Wildman–Crippen LogP) is 18.2. The lowest BCUT2D eigenvalue weighted by Gasteiger charge is -2.45. The molecule has 0 N–H and O–H groups in total. The van der Waals surface area contributed by atoms with Crippen LogP contribution in [0, 0.1) is 0 Å². The summed E-state index contributed by atoms with van der Waals surface area (Å²) in [5.41, 5.74) is 22.1. The van der Waals surface area contributed by atoms with Gasteiger partial charge >= 0.3 is 0 Å². The Hall–Kier alpha value is -9.18. The van der Waals surface area contributed by atoms with Gasteiger partial charge in [0.1, 0.15) is 11.2 Å². The molecule has 1 aromatic heterocycles. The van der Waals surface area contributed by atoms with Crippen LogP contribution in [0.25, 0.3) is 66.4 Å². The number of benzene rings is 11. The van der Waals surface area contributed by atoms with Crippen molar-refractivity contribution in [2.75, 3.05) is 9.80 Å². The van der Waals surface area contributed by atoms with Crippen molar-refractivity contribution in [3.63, 3.8) is 0 Å². The lowest BCUT2D eigenvalue weighted by Crippen LogP contribution is -2.36. The Labute approximate surface area is 407 Å². The zero-order valence-corrected chi connectivity index (χ0v) is 38.2. The summed E-state index contributed by atoms with van der Waals surface area (Å²) >= 11 is 0. The third kappa shape index (κ3) is 5.88. The van der Waals surface area contributed by atoms with E-state index in [2.05, 4.69) is 271 Å². The van der Waals surface area contributed by atoms with Crippen LogP contribution in [0.5, 0.6) is 0 Å². The molecule has 3 heteroatoms. The second-order valence-electron chi connectivity index (χ2n) is 18.3. The van der Waals surface area contributed by atoms with Crippen LogP contribution in [-0.2, 0) is 5.41 Å². The Bertz CT molecular complexity index is 3930. The fraction of sp³-hybridized carbons (Fsp3) is 0.0149. The summed E-state index contributed by atoms with van der Waals surface area (Å²) in [5.74, 6) is 0. The molecule has 0 radical (unpaired) electrons. The van der Waals surface area contributed by atoms with Crippen molar-refractivity contribution < 1.29 is 4.42 Å². The molecule has 12 aromatic rings. The molecule has 70 heavy (non-hydrogen) atoms. The highest BCUT2D eigenvalue weighted by Crippen LogP contribution is 2.65. The van der Waals surface area contributed by atoms with Gasteiger partial charge in [-0.25, -0.2) is 0 Å². The van der Waals surface area contributed by atoms with Crippen LogP contribution in [0.1, 0.15) is 22.3 Å². The third-order valence-corrected chi connectivity index (χ3v) is 14.7. The highest BCUT2D eigenvalue weighted by molar-refractivity contribution is 6.10. The second-order valence-corrected chi connectivity index (χ2v) is 18.3. The first-order valence-electron chi connectivity index (χ1n) is 24.1. The fourth-order valence-corrected chi connectivity index (χ4v) is 11.9. The zero-order chi connectivity index (χ0) is 46.2. The van der Waals surface area contributed by atoms with E-state index in [9.17, 15) is 0 Å². The van der Waals surface area contributed by atoms with Gasteiger partial charge in [-0.3, -0.25) is 0 Å². The molecule has 3 nitrogen and oxygen atoms in total. The van der Waals surface area contributed by atoms with Crippen LogP contribution in [0.2, 0.25) is 0 Å². The van der Waals surface area contributed by atoms with E-state index in [1.54, 1.807) is 0 Å². The van der Waals surface area contributed by atoms with Crippen molar-refractivity contribution >= 4 is 56.1 Å². The highest BCUT2D eigenvalue weighted by atomic mass is 16.3. The summed E-state index contributed by atoms with van der Waals surface area (Å²) in [4.78, 5) is 4.96. The molecule has 1 spiro atoms. The minimum atomic E-state index is -0.621. The van der Waals surface area contributed by atoms with Crippen molar-refractivity contribution in [2.24, 2.45) is 0 Å². The van der Waals surface area contributed by atoms with Crippen LogP contribution in [0.3, 0.4) is 0 Å². The molecule has 0 amide bonds. The van der Waals surface area contributed by atoms with Crippen LogP contribution in [-0.4, -0.2) is 0 Å². The van der Waals surface area contributed by atoms with Crippen LogP contribution in [0.15, 0.2) is 271 Å². The van der Waals surface area contributed by atoms with E-state index in [1.165, 1.54) is 55.9 Å². The molecule has 1 aliphatic heterocycles.